The van der Waals surface area contributed by atoms with Gasteiger partial charge in [-0.15, -0.1) is 0 Å². The van der Waals surface area contributed by atoms with Gasteiger partial charge in [0.05, 0.1) is 12.7 Å². The number of ether oxygens (including phenoxy) is 1. The Balaban J connectivity index is 1.59. The summed E-state index contributed by atoms with van der Waals surface area (Å²) >= 11 is 0. The molecule has 2 aliphatic rings. The van der Waals surface area contributed by atoms with Gasteiger partial charge < -0.3 is 19.2 Å². The molecule has 24 heavy (non-hydrogen) atoms. The summed E-state index contributed by atoms with van der Waals surface area (Å²) in [5.41, 5.74) is 1.88. The maximum absolute atomic E-state index is 13.0. The van der Waals surface area contributed by atoms with Crippen molar-refractivity contribution < 1.29 is 19.1 Å². The first-order chi connectivity index (χ1) is 11.6. The molecule has 2 aliphatic heterocycles. The SMILES string of the molecule is Cc1ccc2oc(C(=O)N3CCC[C@@H]3[C@@H]3COCC[C@@H]3O)cc2c1. The highest BCUT2D eigenvalue weighted by Gasteiger charge is 2.40. The molecule has 3 heterocycles. The number of benzene rings is 1. The third-order valence-corrected chi connectivity index (χ3v) is 5.30. The minimum Gasteiger partial charge on any atom is -0.451 e. The Morgan fingerprint density at radius 1 is 1.29 bits per heavy atom. The number of fused-ring (bicyclic) bond motifs is 1. The molecule has 2 fully saturated rings. The molecular formula is C19H23NO4. The second-order valence-corrected chi connectivity index (χ2v) is 6.95. The van der Waals surface area contributed by atoms with Gasteiger partial charge >= 0.3 is 0 Å². The van der Waals surface area contributed by atoms with Gasteiger partial charge in [-0.25, -0.2) is 0 Å². The zero-order chi connectivity index (χ0) is 16.7. The summed E-state index contributed by atoms with van der Waals surface area (Å²) in [5.74, 6) is 0.301. The van der Waals surface area contributed by atoms with Gasteiger partial charge in [0.1, 0.15) is 5.58 Å². The molecule has 4 rings (SSSR count). The Bertz CT molecular complexity index is 753. The minimum atomic E-state index is -0.393. The molecule has 3 atom stereocenters. The minimum absolute atomic E-state index is 0.00294. The van der Waals surface area contributed by atoms with Crippen molar-refractivity contribution >= 4 is 16.9 Å². The van der Waals surface area contributed by atoms with Gasteiger partial charge in [-0.2, -0.15) is 0 Å². The van der Waals surface area contributed by atoms with E-state index >= 15 is 0 Å². The lowest BCUT2D eigenvalue weighted by Gasteiger charge is -2.36. The molecule has 0 radical (unpaired) electrons. The number of carbonyl (C=O) groups is 1. The first-order valence-electron chi connectivity index (χ1n) is 8.70. The molecule has 2 aromatic rings. The van der Waals surface area contributed by atoms with Crippen molar-refractivity contribution in [3.63, 3.8) is 0 Å². The third-order valence-electron chi connectivity index (χ3n) is 5.30. The molecule has 1 N–H and O–H groups in total. The summed E-state index contributed by atoms with van der Waals surface area (Å²) in [4.78, 5) is 14.8. The molecule has 0 spiro atoms. The topological polar surface area (TPSA) is 62.9 Å². The van der Waals surface area contributed by atoms with E-state index in [-0.39, 0.29) is 17.9 Å². The van der Waals surface area contributed by atoms with Crippen molar-refractivity contribution in [1.82, 2.24) is 4.90 Å². The normalized spacial score (nSPS) is 27.8. The molecule has 1 amide bonds. The van der Waals surface area contributed by atoms with E-state index in [0.29, 0.717) is 31.9 Å². The number of aryl methyl sites for hydroxylation is 1. The number of amides is 1. The third kappa shape index (κ3) is 2.72. The van der Waals surface area contributed by atoms with Gasteiger partial charge in [-0.3, -0.25) is 4.79 Å². The van der Waals surface area contributed by atoms with Crippen LogP contribution in [0.3, 0.4) is 0 Å². The predicted molar refractivity (Wildman–Crippen MR) is 89.9 cm³/mol. The number of hydrogen-bond acceptors (Lipinski definition) is 4. The van der Waals surface area contributed by atoms with E-state index in [9.17, 15) is 9.90 Å². The zero-order valence-corrected chi connectivity index (χ0v) is 13.9. The van der Waals surface area contributed by atoms with Crippen LogP contribution in [0.4, 0.5) is 0 Å². The number of likely N-dealkylation sites (tertiary alicyclic amines) is 1. The summed E-state index contributed by atoms with van der Waals surface area (Å²) in [6, 6.07) is 7.77. The molecule has 5 heteroatoms. The van der Waals surface area contributed by atoms with E-state index in [2.05, 4.69) is 0 Å². The lowest BCUT2D eigenvalue weighted by atomic mass is 9.89. The molecule has 5 nitrogen and oxygen atoms in total. The Hall–Kier alpha value is -1.85. The standard InChI is InChI=1S/C19H23NO4/c1-12-4-5-17-13(9-12)10-18(24-17)19(22)20-7-2-3-15(20)14-11-23-8-6-16(14)21/h4-5,9-10,14-16,21H,2-3,6-8,11H2,1H3/t14-,15+,16-/m0/s1. The van der Waals surface area contributed by atoms with Crippen LogP contribution < -0.4 is 0 Å². The van der Waals surface area contributed by atoms with E-state index in [4.69, 9.17) is 9.15 Å². The molecule has 1 aromatic heterocycles. The van der Waals surface area contributed by atoms with Crippen molar-refractivity contribution in [1.29, 1.82) is 0 Å². The second-order valence-electron chi connectivity index (χ2n) is 6.95. The first kappa shape index (κ1) is 15.7. The summed E-state index contributed by atoms with van der Waals surface area (Å²) < 4.78 is 11.3. The molecule has 1 aromatic carbocycles. The van der Waals surface area contributed by atoms with Crippen molar-refractivity contribution in [3.8, 4) is 0 Å². The smallest absolute Gasteiger partial charge is 0.289 e. The Morgan fingerprint density at radius 3 is 3.00 bits per heavy atom. The molecule has 0 saturated carbocycles. The van der Waals surface area contributed by atoms with Crippen LogP contribution in [0.15, 0.2) is 28.7 Å². The fourth-order valence-corrected chi connectivity index (χ4v) is 4.02. The Labute approximate surface area is 141 Å². The van der Waals surface area contributed by atoms with Gasteiger partial charge in [-0.05, 0) is 44.4 Å². The first-order valence-corrected chi connectivity index (χ1v) is 8.70. The van der Waals surface area contributed by atoms with Gasteiger partial charge in [0.15, 0.2) is 5.76 Å². The highest BCUT2D eigenvalue weighted by atomic mass is 16.5. The zero-order valence-electron chi connectivity index (χ0n) is 13.9. The fourth-order valence-electron chi connectivity index (χ4n) is 4.02. The summed E-state index contributed by atoms with van der Waals surface area (Å²) in [7, 11) is 0. The van der Waals surface area contributed by atoms with E-state index in [1.165, 1.54) is 0 Å². The lowest BCUT2D eigenvalue weighted by Crippen LogP contribution is -2.48. The number of aliphatic hydroxyl groups excluding tert-OH is 1. The highest BCUT2D eigenvalue weighted by Crippen LogP contribution is 2.32. The summed E-state index contributed by atoms with van der Waals surface area (Å²) in [5, 5.41) is 11.3. The maximum atomic E-state index is 13.0. The number of aliphatic hydroxyl groups is 1. The fraction of sp³-hybridized carbons (Fsp3) is 0.526. The Morgan fingerprint density at radius 2 is 2.17 bits per heavy atom. The van der Waals surface area contributed by atoms with Crippen LogP contribution in [-0.2, 0) is 4.74 Å². The van der Waals surface area contributed by atoms with Gasteiger partial charge in [0, 0.05) is 30.5 Å². The number of carbonyl (C=O) groups excluding carboxylic acids is 1. The number of furan rings is 1. The van der Waals surface area contributed by atoms with Crippen LogP contribution in [0, 0.1) is 12.8 Å². The molecule has 0 unspecified atom stereocenters. The molecule has 2 saturated heterocycles. The number of rotatable bonds is 2. The monoisotopic (exact) mass is 329 g/mol. The van der Waals surface area contributed by atoms with Crippen molar-refractivity contribution in [2.24, 2.45) is 5.92 Å². The van der Waals surface area contributed by atoms with Crippen LogP contribution in [0.2, 0.25) is 0 Å². The van der Waals surface area contributed by atoms with Crippen molar-refractivity contribution in [2.45, 2.75) is 38.3 Å². The van der Waals surface area contributed by atoms with E-state index in [0.717, 1.165) is 29.4 Å². The summed E-state index contributed by atoms with van der Waals surface area (Å²) in [6.07, 6.45) is 2.12. The van der Waals surface area contributed by atoms with Crippen LogP contribution in [0.5, 0.6) is 0 Å². The van der Waals surface area contributed by atoms with Crippen LogP contribution >= 0.6 is 0 Å². The van der Waals surface area contributed by atoms with E-state index in [1.54, 1.807) is 0 Å². The second kappa shape index (κ2) is 6.22. The Kier molecular flexibility index (Phi) is 4.06. The van der Waals surface area contributed by atoms with Crippen molar-refractivity contribution in [2.75, 3.05) is 19.8 Å². The van der Waals surface area contributed by atoms with Gasteiger partial charge in [-0.1, -0.05) is 11.6 Å². The average Bonchev–Trinajstić information content (AvgIpc) is 3.20. The molecule has 0 bridgehead atoms. The average molecular weight is 329 g/mol. The molecular weight excluding hydrogens is 306 g/mol. The predicted octanol–water partition coefficient (Wildman–Crippen LogP) is 2.74. The largest absolute Gasteiger partial charge is 0.451 e. The van der Waals surface area contributed by atoms with Crippen LogP contribution in [-0.4, -0.2) is 47.8 Å². The van der Waals surface area contributed by atoms with Crippen LogP contribution in [0.1, 0.15) is 35.4 Å². The van der Waals surface area contributed by atoms with E-state index in [1.807, 2.05) is 36.1 Å². The quantitative estimate of drug-likeness (QED) is 0.920. The maximum Gasteiger partial charge on any atom is 0.289 e. The lowest BCUT2D eigenvalue weighted by molar-refractivity contribution is -0.0591. The molecule has 0 aliphatic carbocycles. The number of nitrogens with zero attached hydrogens (tertiary/aromatic N) is 1. The van der Waals surface area contributed by atoms with Gasteiger partial charge in [0.25, 0.3) is 5.91 Å². The molecule has 128 valence electrons. The van der Waals surface area contributed by atoms with Gasteiger partial charge in [0.2, 0.25) is 0 Å². The van der Waals surface area contributed by atoms with Crippen LogP contribution in [0.25, 0.3) is 11.0 Å². The van der Waals surface area contributed by atoms with E-state index < -0.39 is 6.10 Å². The van der Waals surface area contributed by atoms with Crippen molar-refractivity contribution in [3.05, 3.63) is 35.6 Å². The summed E-state index contributed by atoms with van der Waals surface area (Å²) in [6.45, 7) is 3.86. The highest BCUT2D eigenvalue weighted by molar-refractivity contribution is 5.96. The number of hydrogen-bond donors (Lipinski definition) is 1.